The van der Waals surface area contributed by atoms with Crippen molar-refractivity contribution in [2.75, 3.05) is 33.0 Å². The first-order chi connectivity index (χ1) is 14.2. The zero-order chi connectivity index (χ0) is 20.5. The summed E-state index contributed by atoms with van der Waals surface area (Å²) in [6, 6.07) is 5.91. The Labute approximate surface area is 171 Å². The summed E-state index contributed by atoms with van der Waals surface area (Å²) in [4.78, 5) is 4.56. The van der Waals surface area contributed by atoms with E-state index in [0.29, 0.717) is 32.8 Å². The fraction of sp³-hybridized carbons (Fsp3) is 0.500. The quantitative estimate of drug-likeness (QED) is 0.367. The SMILES string of the molecule is CCCC(O)C#Cc1ccc2c(c1)CCN=C2C=C(NO)OCC1COCCO1. The van der Waals surface area contributed by atoms with Crippen LogP contribution in [0.15, 0.2) is 35.2 Å². The summed E-state index contributed by atoms with van der Waals surface area (Å²) in [5.41, 5.74) is 5.79. The van der Waals surface area contributed by atoms with Gasteiger partial charge in [-0.25, -0.2) is 5.48 Å². The third kappa shape index (κ3) is 6.31. The number of ether oxygens (including phenoxy) is 3. The first-order valence-corrected chi connectivity index (χ1v) is 10.0. The number of aliphatic hydroxyl groups is 1. The molecule has 0 spiro atoms. The summed E-state index contributed by atoms with van der Waals surface area (Å²) < 4.78 is 16.5. The van der Waals surface area contributed by atoms with Crippen molar-refractivity contribution in [2.24, 2.45) is 4.99 Å². The van der Waals surface area contributed by atoms with Gasteiger partial charge in [0.1, 0.15) is 18.8 Å². The highest BCUT2D eigenvalue weighted by Gasteiger charge is 2.17. The number of nitrogens with zero attached hydrogens (tertiary/aromatic N) is 1. The maximum absolute atomic E-state index is 9.80. The second kappa shape index (κ2) is 11.0. The van der Waals surface area contributed by atoms with Gasteiger partial charge in [-0.3, -0.25) is 10.2 Å². The molecule has 1 aromatic carbocycles. The Morgan fingerprint density at radius 1 is 1.45 bits per heavy atom. The van der Waals surface area contributed by atoms with Crippen LogP contribution in [0.4, 0.5) is 0 Å². The van der Waals surface area contributed by atoms with E-state index in [1.54, 1.807) is 6.08 Å². The molecule has 2 heterocycles. The van der Waals surface area contributed by atoms with Gasteiger partial charge in [0, 0.05) is 23.7 Å². The molecular formula is C22H28N2O5. The highest BCUT2D eigenvalue weighted by atomic mass is 16.6. The molecule has 0 radical (unpaired) electrons. The molecule has 0 amide bonds. The van der Waals surface area contributed by atoms with Crippen LogP contribution in [-0.2, 0) is 20.6 Å². The van der Waals surface area contributed by atoms with Gasteiger partial charge in [0.05, 0.1) is 25.5 Å². The third-order valence-corrected chi connectivity index (χ3v) is 4.68. The predicted molar refractivity (Wildman–Crippen MR) is 109 cm³/mol. The summed E-state index contributed by atoms with van der Waals surface area (Å²) in [5, 5.41) is 19.2. The highest BCUT2D eigenvalue weighted by molar-refractivity contribution is 6.10. The van der Waals surface area contributed by atoms with Gasteiger partial charge in [-0.15, -0.1) is 0 Å². The van der Waals surface area contributed by atoms with E-state index in [-0.39, 0.29) is 18.6 Å². The lowest BCUT2D eigenvalue weighted by Crippen LogP contribution is -2.33. The summed E-state index contributed by atoms with van der Waals surface area (Å²) >= 11 is 0. The van der Waals surface area contributed by atoms with Crippen LogP contribution in [0.5, 0.6) is 0 Å². The third-order valence-electron chi connectivity index (χ3n) is 4.68. The van der Waals surface area contributed by atoms with Gasteiger partial charge >= 0.3 is 0 Å². The first kappa shape index (κ1) is 21.3. The lowest BCUT2D eigenvalue weighted by atomic mass is 9.95. The summed E-state index contributed by atoms with van der Waals surface area (Å²) in [6.07, 6.45) is 3.31. The molecule has 2 atom stereocenters. The predicted octanol–water partition coefficient (Wildman–Crippen LogP) is 1.80. The maximum Gasteiger partial charge on any atom is 0.213 e. The fourth-order valence-electron chi connectivity index (χ4n) is 3.19. The molecule has 0 bridgehead atoms. The van der Waals surface area contributed by atoms with Crippen molar-refractivity contribution < 1.29 is 24.5 Å². The minimum Gasteiger partial charge on any atom is -0.475 e. The van der Waals surface area contributed by atoms with E-state index in [1.807, 2.05) is 25.1 Å². The van der Waals surface area contributed by atoms with E-state index >= 15 is 0 Å². The zero-order valence-corrected chi connectivity index (χ0v) is 16.7. The van der Waals surface area contributed by atoms with Crippen LogP contribution >= 0.6 is 0 Å². The molecule has 2 unspecified atom stereocenters. The normalized spacial score (nSPS) is 20.0. The van der Waals surface area contributed by atoms with Crippen LogP contribution in [0.1, 0.15) is 36.5 Å². The Hall–Kier alpha value is -2.37. The van der Waals surface area contributed by atoms with Crippen LogP contribution in [-0.4, -0.2) is 61.2 Å². The zero-order valence-electron chi connectivity index (χ0n) is 16.7. The molecule has 7 heteroatoms. The Morgan fingerprint density at radius 2 is 2.34 bits per heavy atom. The minimum absolute atomic E-state index is 0.162. The van der Waals surface area contributed by atoms with E-state index in [1.165, 1.54) is 0 Å². The topological polar surface area (TPSA) is 92.5 Å². The average molecular weight is 400 g/mol. The smallest absolute Gasteiger partial charge is 0.213 e. The van der Waals surface area contributed by atoms with Crippen molar-refractivity contribution in [1.82, 2.24) is 5.48 Å². The Balaban J connectivity index is 1.69. The van der Waals surface area contributed by atoms with Crippen LogP contribution < -0.4 is 5.48 Å². The van der Waals surface area contributed by atoms with Gasteiger partial charge in [0.25, 0.3) is 0 Å². The van der Waals surface area contributed by atoms with Crippen molar-refractivity contribution in [1.29, 1.82) is 0 Å². The van der Waals surface area contributed by atoms with E-state index in [0.717, 1.165) is 35.2 Å². The molecule has 0 saturated carbocycles. The van der Waals surface area contributed by atoms with Crippen molar-refractivity contribution in [2.45, 2.75) is 38.4 Å². The first-order valence-electron chi connectivity index (χ1n) is 10.0. The van der Waals surface area contributed by atoms with Crippen LogP contribution in [0.2, 0.25) is 0 Å². The molecule has 3 N–H and O–H groups in total. The van der Waals surface area contributed by atoms with Gasteiger partial charge in [-0.1, -0.05) is 31.3 Å². The number of fused-ring (bicyclic) bond motifs is 1. The molecule has 0 aliphatic carbocycles. The number of allylic oxidation sites excluding steroid dienone is 1. The van der Waals surface area contributed by atoms with Crippen molar-refractivity contribution in [3.8, 4) is 11.8 Å². The van der Waals surface area contributed by atoms with Gasteiger partial charge in [-0.2, -0.15) is 0 Å². The monoisotopic (exact) mass is 400 g/mol. The largest absolute Gasteiger partial charge is 0.475 e. The van der Waals surface area contributed by atoms with Gasteiger partial charge in [0.15, 0.2) is 0 Å². The number of benzene rings is 1. The highest BCUT2D eigenvalue weighted by Crippen LogP contribution is 2.19. The number of nitrogens with one attached hydrogen (secondary N) is 1. The van der Waals surface area contributed by atoms with Crippen LogP contribution in [0, 0.1) is 11.8 Å². The van der Waals surface area contributed by atoms with Gasteiger partial charge in [-0.05, 0) is 30.5 Å². The molecule has 1 aromatic rings. The van der Waals surface area contributed by atoms with Gasteiger partial charge < -0.3 is 19.3 Å². The molecule has 3 rings (SSSR count). The molecule has 2 aliphatic heterocycles. The van der Waals surface area contributed by atoms with Crippen LogP contribution in [0.3, 0.4) is 0 Å². The molecule has 0 aromatic heterocycles. The fourth-order valence-corrected chi connectivity index (χ4v) is 3.19. The van der Waals surface area contributed by atoms with Crippen molar-refractivity contribution in [3.63, 3.8) is 0 Å². The van der Waals surface area contributed by atoms with Crippen LogP contribution in [0.25, 0.3) is 0 Å². The lowest BCUT2D eigenvalue weighted by Gasteiger charge is -2.23. The molecule has 2 aliphatic rings. The minimum atomic E-state index is -0.593. The molecule has 1 fully saturated rings. The standard InChI is InChI=1S/C22H28N2O5/c1-2-3-18(25)6-4-16-5-7-20-17(12-16)8-9-23-21(20)13-22(24-26)29-15-19-14-27-10-11-28-19/h5,7,12-13,18-19,24-26H,2-3,8-11,14-15H2,1H3. The Kier molecular flexibility index (Phi) is 8.08. The number of hydroxylamine groups is 1. The number of hydrogen-bond acceptors (Lipinski definition) is 7. The van der Waals surface area contributed by atoms with E-state index in [2.05, 4.69) is 22.3 Å². The summed E-state index contributed by atoms with van der Waals surface area (Å²) in [5.74, 6) is 6.14. The summed E-state index contributed by atoms with van der Waals surface area (Å²) in [6.45, 7) is 4.54. The second-order valence-electron chi connectivity index (χ2n) is 6.96. The molecule has 156 valence electrons. The number of aliphatic hydroxyl groups excluding tert-OH is 1. The number of aliphatic imine (C=N–C) groups is 1. The Morgan fingerprint density at radius 3 is 3.10 bits per heavy atom. The van der Waals surface area contributed by atoms with E-state index in [4.69, 9.17) is 14.2 Å². The molecule has 7 nitrogen and oxygen atoms in total. The average Bonchev–Trinajstić information content (AvgIpc) is 2.76. The number of hydrogen-bond donors (Lipinski definition) is 3. The van der Waals surface area contributed by atoms with E-state index < -0.39 is 6.10 Å². The maximum atomic E-state index is 9.80. The van der Waals surface area contributed by atoms with Gasteiger partial charge in [0.2, 0.25) is 5.88 Å². The van der Waals surface area contributed by atoms with Crippen molar-refractivity contribution >= 4 is 5.71 Å². The Bertz CT molecular complexity index is 803. The van der Waals surface area contributed by atoms with Crippen molar-refractivity contribution in [3.05, 3.63) is 46.8 Å². The number of rotatable bonds is 7. The molecule has 1 saturated heterocycles. The lowest BCUT2D eigenvalue weighted by molar-refractivity contribution is -0.112. The second-order valence-corrected chi connectivity index (χ2v) is 6.96. The molecular weight excluding hydrogens is 372 g/mol. The summed E-state index contributed by atoms with van der Waals surface area (Å²) in [7, 11) is 0. The van der Waals surface area contributed by atoms with E-state index in [9.17, 15) is 10.3 Å². The molecule has 29 heavy (non-hydrogen) atoms.